The summed E-state index contributed by atoms with van der Waals surface area (Å²) in [6.07, 6.45) is 6.76. The van der Waals surface area contributed by atoms with Gasteiger partial charge in [-0.25, -0.2) is 0 Å². The monoisotopic (exact) mass is 438 g/mol. The molecule has 0 bridgehead atoms. The minimum Gasteiger partial charge on any atom is -0.388 e. The van der Waals surface area contributed by atoms with Crippen LogP contribution in [-0.4, -0.2) is 61.2 Å². The average molecular weight is 438 g/mol. The molecule has 0 aromatic heterocycles. The first-order valence-corrected chi connectivity index (χ1v) is 8.34. The van der Waals surface area contributed by atoms with Crippen molar-refractivity contribution in [1.82, 2.24) is 15.5 Å². The lowest BCUT2D eigenvalue weighted by Crippen LogP contribution is -2.53. The number of rotatable bonds is 4. The zero-order chi connectivity index (χ0) is 16.2. The fourth-order valence-electron chi connectivity index (χ4n) is 3.31. The molecule has 0 radical (unpaired) electrons. The Hall–Kier alpha value is -0.570. The lowest BCUT2D eigenvalue weighted by atomic mass is 9.80. The Morgan fingerprint density at radius 1 is 1.30 bits per heavy atom. The molecule has 23 heavy (non-hydrogen) atoms. The minimum atomic E-state index is -0.562. The summed E-state index contributed by atoms with van der Waals surface area (Å²) < 4.78 is 0. The van der Waals surface area contributed by atoms with E-state index in [4.69, 9.17) is 0 Å². The molecule has 0 saturated heterocycles. The van der Waals surface area contributed by atoms with E-state index in [9.17, 15) is 9.90 Å². The van der Waals surface area contributed by atoms with Gasteiger partial charge in [-0.15, -0.1) is 24.0 Å². The van der Waals surface area contributed by atoms with Gasteiger partial charge in [-0.2, -0.15) is 0 Å². The molecule has 2 unspecified atom stereocenters. The van der Waals surface area contributed by atoms with Crippen molar-refractivity contribution in [3.05, 3.63) is 0 Å². The first-order chi connectivity index (χ1) is 10.4. The summed E-state index contributed by atoms with van der Waals surface area (Å²) in [5.41, 5.74) is -0.562. The third kappa shape index (κ3) is 5.77. The predicted molar refractivity (Wildman–Crippen MR) is 103 cm³/mol. The van der Waals surface area contributed by atoms with Crippen LogP contribution < -0.4 is 10.6 Å². The molecular formula is C16H31IN4O2. The first kappa shape index (κ1) is 20.5. The summed E-state index contributed by atoms with van der Waals surface area (Å²) in [6.45, 7) is 0.541. The Bertz CT molecular complexity index is 424. The Morgan fingerprint density at radius 2 is 2.00 bits per heavy atom. The Kier molecular flexibility index (Phi) is 8.06. The van der Waals surface area contributed by atoms with Crippen LogP contribution in [0.3, 0.4) is 0 Å². The summed E-state index contributed by atoms with van der Waals surface area (Å²) in [7, 11) is 5.38. The summed E-state index contributed by atoms with van der Waals surface area (Å²) in [6, 6.07) is 0.268. The molecule has 6 nitrogen and oxygen atoms in total. The number of hydrogen-bond donors (Lipinski definition) is 3. The SMILES string of the molecule is CN=C(NCC1(O)CCC1)NC1CCCC(C(=O)N(C)C)C1.I. The van der Waals surface area contributed by atoms with Gasteiger partial charge in [0.1, 0.15) is 0 Å². The highest BCUT2D eigenvalue weighted by Gasteiger charge is 2.34. The molecule has 7 heteroatoms. The van der Waals surface area contributed by atoms with E-state index < -0.39 is 5.60 Å². The van der Waals surface area contributed by atoms with Crippen LogP contribution in [0.5, 0.6) is 0 Å². The van der Waals surface area contributed by atoms with E-state index in [2.05, 4.69) is 15.6 Å². The molecule has 2 rings (SSSR count). The fourth-order valence-corrected chi connectivity index (χ4v) is 3.31. The van der Waals surface area contributed by atoms with Crippen molar-refractivity contribution in [3.63, 3.8) is 0 Å². The highest BCUT2D eigenvalue weighted by Crippen LogP contribution is 2.30. The standard InChI is InChI=1S/C16H30N4O2.HI/c1-17-15(18-11-16(22)8-5-9-16)19-13-7-4-6-12(10-13)14(21)20(2)3;/h12-13,22H,4-11H2,1-3H3,(H2,17,18,19);1H. The molecular weight excluding hydrogens is 407 g/mol. The maximum atomic E-state index is 12.1. The quantitative estimate of drug-likeness (QED) is 0.352. The molecule has 0 aromatic rings. The second-order valence-corrected chi connectivity index (χ2v) is 6.94. The lowest BCUT2D eigenvalue weighted by Gasteiger charge is -2.37. The summed E-state index contributed by atoms with van der Waals surface area (Å²) in [5.74, 6) is 1.05. The van der Waals surface area contributed by atoms with Crippen LogP contribution in [0.4, 0.5) is 0 Å². The van der Waals surface area contributed by atoms with E-state index in [1.54, 1.807) is 11.9 Å². The maximum absolute atomic E-state index is 12.1. The summed E-state index contributed by atoms with van der Waals surface area (Å²) >= 11 is 0. The van der Waals surface area contributed by atoms with Crippen molar-refractivity contribution < 1.29 is 9.90 Å². The van der Waals surface area contributed by atoms with E-state index in [0.717, 1.165) is 50.9 Å². The molecule has 2 aliphatic carbocycles. The van der Waals surface area contributed by atoms with Crippen molar-refractivity contribution >= 4 is 35.8 Å². The van der Waals surface area contributed by atoms with Crippen molar-refractivity contribution in [2.24, 2.45) is 10.9 Å². The summed E-state index contributed by atoms with van der Waals surface area (Å²) in [4.78, 5) is 18.0. The van der Waals surface area contributed by atoms with E-state index in [-0.39, 0.29) is 41.8 Å². The lowest BCUT2D eigenvalue weighted by molar-refractivity contribution is -0.134. The van der Waals surface area contributed by atoms with Crippen LogP contribution in [0.2, 0.25) is 0 Å². The van der Waals surface area contributed by atoms with Crippen LogP contribution in [0, 0.1) is 5.92 Å². The Morgan fingerprint density at radius 3 is 2.52 bits per heavy atom. The van der Waals surface area contributed by atoms with Gasteiger partial charge in [-0.3, -0.25) is 9.79 Å². The van der Waals surface area contributed by atoms with E-state index in [1.807, 2.05) is 14.1 Å². The van der Waals surface area contributed by atoms with Gasteiger partial charge < -0.3 is 20.6 Å². The third-order valence-electron chi connectivity index (χ3n) is 4.90. The predicted octanol–water partition coefficient (Wildman–Crippen LogP) is 1.33. The Balaban J connectivity index is 0.00000264. The fraction of sp³-hybridized carbons (Fsp3) is 0.875. The molecule has 0 aliphatic heterocycles. The maximum Gasteiger partial charge on any atom is 0.225 e. The van der Waals surface area contributed by atoms with Crippen LogP contribution in [-0.2, 0) is 4.79 Å². The highest BCUT2D eigenvalue weighted by atomic mass is 127. The smallest absolute Gasteiger partial charge is 0.225 e. The third-order valence-corrected chi connectivity index (χ3v) is 4.90. The minimum absolute atomic E-state index is 0. The second-order valence-electron chi connectivity index (χ2n) is 6.94. The number of carbonyl (C=O) groups is 1. The van der Waals surface area contributed by atoms with Crippen LogP contribution in [0.1, 0.15) is 44.9 Å². The molecule has 2 saturated carbocycles. The number of guanidine groups is 1. The topological polar surface area (TPSA) is 77.0 Å². The molecule has 2 atom stereocenters. The highest BCUT2D eigenvalue weighted by molar-refractivity contribution is 14.0. The number of aliphatic imine (C=N–C) groups is 1. The van der Waals surface area contributed by atoms with Gasteiger partial charge in [0.25, 0.3) is 0 Å². The van der Waals surface area contributed by atoms with E-state index in [0.29, 0.717) is 6.54 Å². The largest absolute Gasteiger partial charge is 0.388 e. The van der Waals surface area contributed by atoms with Crippen molar-refractivity contribution in [3.8, 4) is 0 Å². The molecule has 0 spiro atoms. The van der Waals surface area contributed by atoms with Gasteiger partial charge in [0.15, 0.2) is 5.96 Å². The molecule has 1 amide bonds. The Labute approximate surface area is 156 Å². The van der Waals surface area contributed by atoms with Gasteiger partial charge in [0.2, 0.25) is 5.91 Å². The number of aliphatic hydroxyl groups is 1. The van der Waals surface area contributed by atoms with Gasteiger partial charge in [0, 0.05) is 39.6 Å². The van der Waals surface area contributed by atoms with Gasteiger partial charge >= 0.3 is 0 Å². The number of carbonyl (C=O) groups excluding carboxylic acids is 1. The average Bonchev–Trinajstić information content (AvgIpc) is 2.48. The van der Waals surface area contributed by atoms with Crippen LogP contribution in [0.25, 0.3) is 0 Å². The first-order valence-electron chi connectivity index (χ1n) is 8.34. The van der Waals surface area contributed by atoms with Crippen LogP contribution in [0.15, 0.2) is 4.99 Å². The molecule has 3 N–H and O–H groups in total. The molecule has 134 valence electrons. The molecule has 0 aromatic carbocycles. The number of amides is 1. The zero-order valence-corrected chi connectivity index (χ0v) is 16.8. The number of nitrogens with zero attached hydrogens (tertiary/aromatic N) is 2. The van der Waals surface area contributed by atoms with E-state index in [1.165, 1.54) is 0 Å². The molecule has 2 fully saturated rings. The number of halogens is 1. The normalized spacial score (nSPS) is 26.5. The zero-order valence-electron chi connectivity index (χ0n) is 14.5. The molecule has 2 aliphatic rings. The van der Waals surface area contributed by atoms with Crippen molar-refractivity contribution in [2.75, 3.05) is 27.7 Å². The van der Waals surface area contributed by atoms with Crippen molar-refractivity contribution in [1.29, 1.82) is 0 Å². The van der Waals surface area contributed by atoms with E-state index >= 15 is 0 Å². The van der Waals surface area contributed by atoms with Crippen LogP contribution >= 0.6 is 24.0 Å². The number of hydrogen-bond acceptors (Lipinski definition) is 3. The second kappa shape index (κ2) is 9.05. The number of nitrogens with one attached hydrogen (secondary N) is 2. The van der Waals surface area contributed by atoms with Gasteiger partial charge in [-0.1, -0.05) is 6.42 Å². The molecule has 0 heterocycles. The van der Waals surface area contributed by atoms with Crippen molar-refractivity contribution in [2.45, 2.75) is 56.6 Å². The van der Waals surface area contributed by atoms with Gasteiger partial charge in [-0.05, 0) is 38.5 Å². The summed E-state index contributed by atoms with van der Waals surface area (Å²) in [5, 5.41) is 16.8. The van der Waals surface area contributed by atoms with Gasteiger partial charge in [0.05, 0.1) is 5.60 Å².